The predicted molar refractivity (Wildman–Crippen MR) is 76.1 cm³/mol. The molecule has 108 valence electrons. The van der Waals surface area contributed by atoms with Gasteiger partial charge >= 0.3 is 0 Å². The Morgan fingerprint density at radius 2 is 1.90 bits per heavy atom. The first-order valence-electron chi connectivity index (χ1n) is 6.08. The number of anilines is 2. The molecule has 0 heterocycles. The van der Waals surface area contributed by atoms with Gasteiger partial charge in [-0.1, -0.05) is 18.2 Å². The minimum Gasteiger partial charge on any atom is -0.545 e. The van der Waals surface area contributed by atoms with E-state index in [1.54, 1.807) is 18.2 Å². The zero-order valence-electron chi connectivity index (χ0n) is 11.3. The van der Waals surface area contributed by atoms with Crippen LogP contribution in [-0.4, -0.2) is 19.0 Å². The number of nitrogen functional groups attached to an aromatic ring is 1. The highest BCUT2D eigenvalue weighted by molar-refractivity contribution is 6.07. The number of nitrogens with two attached hydrogens (primary N) is 1. The van der Waals surface area contributed by atoms with Crippen LogP contribution in [0.5, 0.6) is 5.75 Å². The van der Waals surface area contributed by atoms with Crippen LogP contribution in [-0.2, 0) is 0 Å². The smallest absolute Gasteiger partial charge is 0.255 e. The molecule has 0 saturated carbocycles. The van der Waals surface area contributed by atoms with Crippen molar-refractivity contribution in [2.45, 2.75) is 0 Å². The lowest BCUT2D eigenvalue weighted by molar-refractivity contribution is -0.254. The Morgan fingerprint density at radius 3 is 2.52 bits per heavy atom. The summed E-state index contributed by atoms with van der Waals surface area (Å²) in [5.74, 6) is -1.38. The maximum Gasteiger partial charge on any atom is 0.255 e. The van der Waals surface area contributed by atoms with Crippen molar-refractivity contribution in [1.82, 2.24) is 0 Å². The summed E-state index contributed by atoms with van der Waals surface area (Å²) < 4.78 is 5.01. The molecule has 3 N–H and O–H groups in total. The molecular formula is C15H13N2O4-. The zero-order chi connectivity index (χ0) is 15.4. The average molecular weight is 285 g/mol. The highest BCUT2D eigenvalue weighted by Gasteiger charge is 2.11. The summed E-state index contributed by atoms with van der Waals surface area (Å²) in [4.78, 5) is 23.1. The number of nitrogens with one attached hydrogen (secondary N) is 1. The molecule has 2 aromatic rings. The number of ether oxygens (including phenoxy) is 1. The van der Waals surface area contributed by atoms with Gasteiger partial charge in [0.05, 0.1) is 24.5 Å². The summed E-state index contributed by atoms with van der Waals surface area (Å²) in [6, 6.07) is 10.6. The predicted octanol–water partition coefficient (Wildman–Crippen LogP) is 0.893. The van der Waals surface area contributed by atoms with Crippen LogP contribution in [0.3, 0.4) is 0 Å². The molecular weight excluding hydrogens is 272 g/mol. The van der Waals surface area contributed by atoms with Crippen molar-refractivity contribution in [1.29, 1.82) is 0 Å². The van der Waals surface area contributed by atoms with Gasteiger partial charge in [-0.15, -0.1) is 0 Å². The van der Waals surface area contributed by atoms with E-state index in [4.69, 9.17) is 10.5 Å². The Bertz CT molecular complexity index is 698. The molecule has 0 aromatic heterocycles. The number of hydrogen-bond acceptors (Lipinski definition) is 5. The molecule has 0 radical (unpaired) electrons. The fraction of sp³-hybridized carbons (Fsp3) is 0.0667. The van der Waals surface area contributed by atoms with E-state index in [0.717, 1.165) is 0 Å². The summed E-state index contributed by atoms with van der Waals surface area (Å²) in [5, 5.41) is 13.5. The first-order valence-corrected chi connectivity index (χ1v) is 6.08. The van der Waals surface area contributed by atoms with E-state index >= 15 is 0 Å². The number of para-hydroxylation sites is 1. The SMILES string of the molecule is COc1ccc(C(=O)Nc2ccccc2C(=O)[O-])cc1N. The summed E-state index contributed by atoms with van der Waals surface area (Å²) in [5.41, 5.74) is 6.42. The van der Waals surface area contributed by atoms with Gasteiger partial charge in [0, 0.05) is 11.1 Å². The Kier molecular flexibility index (Phi) is 4.08. The van der Waals surface area contributed by atoms with Gasteiger partial charge in [0.2, 0.25) is 0 Å². The molecule has 2 aromatic carbocycles. The Morgan fingerprint density at radius 1 is 1.19 bits per heavy atom. The van der Waals surface area contributed by atoms with Crippen molar-refractivity contribution in [3.05, 3.63) is 53.6 Å². The van der Waals surface area contributed by atoms with E-state index in [2.05, 4.69) is 5.32 Å². The molecule has 0 bridgehead atoms. The average Bonchev–Trinajstić information content (AvgIpc) is 2.47. The summed E-state index contributed by atoms with van der Waals surface area (Å²) in [6.07, 6.45) is 0. The molecule has 2 rings (SSSR count). The van der Waals surface area contributed by atoms with Crippen LogP contribution < -0.4 is 20.9 Å². The quantitative estimate of drug-likeness (QED) is 0.812. The number of methoxy groups -OCH3 is 1. The van der Waals surface area contributed by atoms with E-state index in [1.165, 1.54) is 31.4 Å². The van der Waals surface area contributed by atoms with Crippen molar-refractivity contribution in [3.8, 4) is 5.75 Å². The van der Waals surface area contributed by atoms with Gasteiger partial charge in [0.1, 0.15) is 5.75 Å². The second-order valence-corrected chi connectivity index (χ2v) is 4.24. The number of carboxylic acid groups (broad SMARTS) is 1. The van der Waals surface area contributed by atoms with E-state index in [1.807, 2.05) is 0 Å². The normalized spacial score (nSPS) is 9.95. The molecule has 0 unspecified atom stereocenters. The standard InChI is InChI=1S/C15H14N2O4/c1-21-13-7-6-9(8-11(13)16)14(18)17-12-5-3-2-4-10(12)15(19)20/h2-8H,16H2,1H3,(H,17,18)(H,19,20)/p-1. The van der Waals surface area contributed by atoms with Crippen molar-refractivity contribution in [3.63, 3.8) is 0 Å². The second-order valence-electron chi connectivity index (χ2n) is 4.24. The summed E-state index contributed by atoms with van der Waals surface area (Å²) in [6.45, 7) is 0. The molecule has 21 heavy (non-hydrogen) atoms. The third kappa shape index (κ3) is 3.11. The number of carbonyl (C=O) groups excluding carboxylic acids is 2. The molecule has 0 fully saturated rings. The van der Waals surface area contributed by atoms with Crippen LogP contribution >= 0.6 is 0 Å². The Hall–Kier alpha value is -3.02. The lowest BCUT2D eigenvalue weighted by Crippen LogP contribution is -2.24. The number of rotatable bonds is 4. The van der Waals surface area contributed by atoms with Gasteiger partial charge in [0.25, 0.3) is 5.91 Å². The lowest BCUT2D eigenvalue weighted by Gasteiger charge is -2.12. The van der Waals surface area contributed by atoms with E-state index in [-0.39, 0.29) is 11.3 Å². The molecule has 0 aliphatic carbocycles. The number of carboxylic acids is 1. The second kappa shape index (κ2) is 5.96. The number of benzene rings is 2. The first-order chi connectivity index (χ1) is 10.0. The number of aromatic carboxylic acids is 1. The Labute approximate surface area is 121 Å². The fourth-order valence-corrected chi connectivity index (χ4v) is 1.84. The van der Waals surface area contributed by atoms with Gasteiger partial charge in [0.15, 0.2) is 0 Å². The molecule has 6 heteroatoms. The molecule has 0 saturated heterocycles. The van der Waals surface area contributed by atoms with Crippen molar-refractivity contribution < 1.29 is 19.4 Å². The molecule has 0 aliphatic rings. The van der Waals surface area contributed by atoms with Crippen LogP contribution in [0.25, 0.3) is 0 Å². The zero-order valence-corrected chi connectivity index (χ0v) is 11.3. The van der Waals surface area contributed by atoms with E-state index in [0.29, 0.717) is 17.0 Å². The third-order valence-electron chi connectivity index (χ3n) is 2.89. The largest absolute Gasteiger partial charge is 0.545 e. The van der Waals surface area contributed by atoms with Gasteiger partial charge < -0.3 is 25.7 Å². The van der Waals surface area contributed by atoms with Gasteiger partial charge in [-0.25, -0.2) is 0 Å². The van der Waals surface area contributed by atoms with Gasteiger partial charge in [-0.05, 0) is 24.3 Å². The third-order valence-corrected chi connectivity index (χ3v) is 2.89. The lowest BCUT2D eigenvalue weighted by atomic mass is 10.1. The Balaban J connectivity index is 2.26. The van der Waals surface area contributed by atoms with Crippen LogP contribution in [0.2, 0.25) is 0 Å². The van der Waals surface area contributed by atoms with E-state index in [9.17, 15) is 14.7 Å². The fourth-order valence-electron chi connectivity index (χ4n) is 1.84. The molecule has 0 atom stereocenters. The van der Waals surface area contributed by atoms with E-state index < -0.39 is 11.9 Å². The van der Waals surface area contributed by atoms with Crippen LogP contribution in [0, 0.1) is 0 Å². The van der Waals surface area contributed by atoms with Crippen molar-refractivity contribution in [2.24, 2.45) is 0 Å². The number of hydrogen-bond donors (Lipinski definition) is 2. The van der Waals surface area contributed by atoms with Crippen molar-refractivity contribution in [2.75, 3.05) is 18.2 Å². The maximum absolute atomic E-state index is 12.1. The number of carbonyl (C=O) groups is 2. The molecule has 0 aliphatic heterocycles. The summed E-state index contributed by atoms with van der Waals surface area (Å²) >= 11 is 0. The highest BCUT2D eigenvalue weighted by Crippen LogP contribution is 2.23. The monoisotopic (exact) mass is 285 g/mol. The molecule has 0 spiro atoms. The van der Waals surface area contributed by atoms with Crippen LogP contribution in [0.1, 0.15) is 20.7 Å². The molecule has 6 nitrogen and oxygen atoms in total. The number of amides is 1. The topological polar surface area (TPSA) is 104 Å². The van der Waals surface area contributed by atoms with Crippen LogP contribution in [0.15, 0.2) is 42.5 Å². The van der Waals surface area contributed by atoms with Crippen LogP contribution in [0.4, 0.5) is 11.4 Å². The first kappa shape index (κ1) is 14.4. The van der Waals surface area contributed by atoms with Crippen molar-refractivity contribution >= 4 is 23.3 Å². The minimum absolute atomic E-state index is 0.0904. The highest BCUT2D eigenvalue weighted by atomic mass is 16.5. The maximum atomic E-state index is 12.1. The summed E-state index contributed by atoms with van der Waals surface area (Å²) in [7, 11) is 1.47. The molecule has 1 amide bonds. The van der Waals surface area contributed by atoms with Gasteiger partial charge in [-0.2, -0.15) is 0 Å². The minimum atomic E-state index is -1.36. The van der Waals surface area contributed by atoms with Gasteiger partial charge in [-0.3, -0.25) is 4.79 Å².